The van der Waals surface area contributed by atoms with E-state index < -0.39 is 0 Å². The third-order valence-corrected chi connectivity index (χ3v) is 2.83. The topological polar surface area (TPSA) is 61.8 Å². The fraction of sp³-hybridized carbons (Fsp3) is 0.133. The number of hydrogen-bond acceptors (Lipinski definition) is 3. The van der Waals surface area contributed by atoms with Crippen molar-refractivity contribution >= 4 is 11.4 Å². The lowest BCUT2D eigenvalue weighted by Crippen LogP contribution is -2.03. The van der Waals surface area contributed by atoms with Crippen LogP contribution in [0.4, 0.5) is 11.4 Å². The minimum atomic E-state index is 0.504. The second kappa shape index (κ2) is 5.24. The van der Waals surface area contributed by atoms with Crippen molar-refractivity contribution in [2.45, 2.75) is 13.5 Å². The monoisotopic (exact) mass is 237 g/mol. The molecule has 0 spiro atoms. The molecule has 0 radical (unpaired) electrons. The smallest absolute Gasteiger partial charge is 0.101 e. The first kappa shape index (κ1) is 12.0. The Morgan fingerprint density at radius 3 is 2.56 bits per heavy atom. The van der Waals surface area contributed by atoms with Gasteiger partial charge in [0.05, 0.1) is 16.9 Å². The van der Waals surface area contributed by atoms with Crippen LogP contribution in [0.15, 0.2) is 42.5 Å². The van der Waals surface area contributed by atoms with Crippen molar-refractivity contribution < 1.29 is 0 Å². The number of nitrogens with two attached hydrogens (primary N) is 1. The van der Waals surface area contributed by atoms with E-state index in [1.54, 1.807) is 6.07 Å². The van der Waals surface area contributed by atoms with Crippen LogP contribution in [-0.2, 0) is 6.54 Å². The Morgan fingerprint density at radius 2 is 1.89 bits per heavy atom. The van der Waals surface area contributed by atoms with Crippen LogP contribution in [0.2, 0.25) is 0 Å². The van der Waals surface area contributed by atoms with E-state index in [1.165, 1.54) is 11.1 Å². The minimum Gasteiger partial charge on any atom is -0.396 e. The Bertz CT molecular complexity index is 580. The largest absolute Gasteiger partial charge is 0.396 e. The summed E-state index contributed by atoms with van der Waals surface area (Å²) in [5, 5.41) is 12.1. The molecule has 3 heteroatoms. The predicted octanol–water partition coefficient (Wildman–Crippen LogP) is 3.06. The average molecular weight is 237 g/mol. The highest BCUT2D eigenvalue weighted by Crippen LogP contribution is 2.22. The Kier molecular flexibility index (Phi) is 3.49. The van der Waals surface area contributed by atoms with Crippen LogP contribution in [0.25, 0.3) is 0 Å². The molecule has 0 saturated carbocycles. The minimum absolute atomic E-state index is 0.504. The first-order chi connectivity index (χ1) is 8.70. The molecule has 0 atom stereocenters. The van der Waals surface area contributed by atoms with Crippen LogP contribution >= 0.6 is 0 Å². The Balaban J connectivity index is 2.11. The fourth-order valence-electron chi connectivity index (χ4n) is 1.72. The highest BCUT2D eigenvalue weighted by atomic mass is 14.9. The number of anilines is 2. The van der Waals surface area contributed by atoms with Crippen LogP contribution in [0.3, 0.4) is 0 Å². The standard InChI is InChI=1S/C15H15N3/c1-11-5-7-12(8-6-11)10-18-14-4-2-3-13(9-16)15(14)17/h2-8,18H,10,17H2,1H3. The lowest BCUT2D eigenvalue weighted by molar-refractivity contribution is 1.14. The summed E-state index contributed by atoms with van der Waals surface area (Å²) in [5.41, 5.74) is 10.1. The summed E-state index contributed by atoms with van der Waals surface area (Å²) in [4.78, 5) is 0. The van der Waals surface area contributed by atoms with Gasteiger partial charge in [-0.15, -0.1) is 0 Å². The Hall–Kier alpha value is -2.47. The van der Waals surface area contributed by atoms with E-state index in [-0.39, 0.29) is 0 Å². The number of rotatable bonds is 3. The molecule has 2 aromatic carbocycles. The molecule has 2 aromatic rings. The van der Waals surface area contributed by atoms with Gasteiger partial charge in [0.2, 0.25) is 0 Å². The molecular formula is C15H15N3. The molecule has 0 aliphatic rings. The lowest BCUT2D eigenvalue weighted by Gasteiger charge is -2.10. The zero-order valence-electron chi connectivity index (χ0n) is 10.3. The second-order valence-electron chi connectivity index (χ2n) is 4.22. The van der Waals surface area contributed by atoms with Crippen LogP contribution < -0.4 is 11.1 Å². The normalized spacial score (nSPS) is 9.78. The first-order valence-corrected chi connectivity index (χ1v) is 5.78. The number of nitrogens with zero attached hydrogens (tertiary/aromatic N) is 1. The third-order valence-electron chi connectivity index (χ3n) is 2.83. The summed E-state index contributed by atoms with van der Waals surface area (Å²) in [6, 6.07) is 15.8. The van der Waals surface area contributed by atoms with Crippen molar-refractivity contribution in [2.24, 2.45) is 0 Å². The van der Waals surface area contributed by atoms with Gasteiger partial charge in [-0.3, -0.25) is 0 Å². The molecule has 18 heavy (non-hydrogen) atoms. The molecule has 0 amide bonds. The highest BCUT2D eigenvalue weighted by Gasteiger charge is 2.03. The van der Waals surface area contributed by atoms with E-state index in [2.05, 4.69) is 42.6 Å². The zero-order chi connectivity index (χ0) is 13.0. The molecular weight excluding hydrogens is 222 g/mol. The summed E-state index contributed by atoms with van der Waals surface area (Å²) < 4.78 is 0. The SMILES string of the molecule is Cc1ccc(CNc2cccc(C#N)c2N)cc1. The third kappa shape index (κ3) is 2.61. The van der Waals surface area contributed by atoms with Gasteiger partial charge in [-0.2, -0.15) is 5.26 Å². The highest BCUT2D eigenvalue weighted by molar-refractivity contribution is 5.72. The zero-order valence-corrected chi connectivity index (χ0v) is 10.3. The number of nitrogen functional groups attached to an aromatic ring is 1. The quantitative estimate of drug-likeness (QED) is 0.806. The summed E-state index contributed by atoms with van der Waals surface area (Å²) in [7, 11) is 0. The van der Waals surface area contributed by atoms with Crippen molar-refractivity contribution in [3.63, 3.8) is 0 Å². The number of nitrogens with one attached hydrogen (secondary N) is 1. The molecule has 0 unspecified atom stereocenters. The van der Waals surface area contributed by atoms with Crippen LogP contribution in [-0.4, -0.2) is 0 Å². The van der Waals surface area contributed by atoms with Crippen molar-refractivity contribution in [3.05, 3.63) is 59.2 Å². The lowest BCUT2D eigenvalue weighted by atomic mass is 10.1. The van der Waals surface area contributed by atoms with E-state index in [1.807, 2.05) is 12.1 Å². The molecule has 0 bridgehead atoms. The van der Waals surface area contributed by atoms with Gasteiger partial charge in [-0.05, 0) is 24.6 Å². The molecule has 2 rings (SSSR count). The predicted molar refractivity (Wildman–Crippen MR) is 74.1 cm³/mol. The van der Waals surface area contributed by atoms with E-state index in [0.29, 0.717) is 17.8 Å². The number of nitriles is 1. The van der Waals surface area contributed by atoms with Gasteiger partial charge in [0.25, 0.3) is 0 Å². The molecule has 3 nitrogen and oxygen atoms in total. The molecule has 0 fully saturated rings. The number of benzene rings is 2. The van der Waals surface area contributed by atoms with Gasteiger partial charge >= 0.3 is 0 Å². The van der Waals surface area contributed by atoms with E-state index in [9.17, 15) is 0 Å². The number of hydrogen-bond donors (Lipinski definition) is 2. The van der Waals surface area contributed by atoms with Gasteiger partial charge in [0.1, 0.15) is 6.07 Å². The molecule has 3 N–H and O–H groups in total. The average Bonchev–Trinajstić information content (AvgIpc) is 2.39. The fourth-order valence-corrected chi connectivity index (χ4v) is 1.72. The van der Waals surface area contributed by atoms with Crippen LogP contribution in [0.5, 0.6) is 0 Å². The summed E-state index contributed by atoms with van der Waals surface area (Å²) in [5.74, 6) is 0. The maximum atomic E-state index is 8.90. The van der Waals surface area contributed by atoms with Crippen LogP contribution in [0, 0.1) is 18.3 Å². The van der Waals surface area contributed by atoms with E-state index in [0.717, 1.165) is 5.69 Å². The van der Waals surface area contributed by atoms with E-state index >= 15 is 0 Å². The summed E-state index contributed by atoms with van der Waals surface area (Å²) in [6.45, 7) is 2.75. The van der Waals surface area contributed by atoms with Crippen LogP contribution in [0.1, 0.15) is 16.7 Å². The molecule has 0 aliphatic carbocycles. The molecule has 90 valence electrons. The summed E-state index contributed by atoms with van der Waals surface area (Å²) in [6.07, 6.45) is 0. The molecule has 0 saturated heterocycles. The molecule has 0 aromatic heterocycles. The second-order valence-corrected chi connectivity index (χ2v) is 4.22. The van der Waals surface area contributed by atoms with Gasteiger partial charge in [0.15, 0.2) is 0 Å². The maximum Gasteiger partial charge on any atom is 0.101 e. The van der Waals surface area contributed by atoms with Gasteiger partial charge in [0, 0.05) is 6.54 Å². The summed E-state index contributed by atoms with van der Waals surface area (Å²) >= 11 is 0. The maximum absolute atomic E-state index is 8.90. The Morgan fingerprint density at radius 1 is 1.17 bits per heavy atom. The van der Waals surface area contributed by atoms with Gasteiger partial charge in [-0.25, -0.2) is 0 Å². The van der Waals surface area contributed by atoms with Crippen molar-refractivity contribution in [1.29, 1.82) is 5.26 Å². The van der Waals surface area contributed by atoms with Crippen molar-refractivity contribution in [3.8, 4) is 6.07 Å². The Labute approximate surface area is 107 Å². The molecule has 0 heterocycles. The number of para-hydroxylation sites is 1. The first-order valence-electron chi connectivity index (χ1n) is 5.78. The number of aryl methyl sites for hydroxylation is 1. The van der Waals surface area contributed by atoms with E-state index in [4.69, 9.17) is 11.0 Å². The van der Waals surface area contributed by atoms with Crippen molar-refractivity contribution in [2.75, 3.05) is 11.1 Å². The van der Waals surface area contributed by atoms with Crippen molar-refractivity contribution in [1.82, 2.24) is 0 Å². The molecule has 0 aliphatic heterocycles. The van der Waals surface area contributed by atoms with Gasteiger partial charge in [-0.1, -0.05) is 35.9 Å². The van der Waals surface area contributed by atoms with Gasteiger partial charge < -0.3 is 11.1 Å².